The van der Waals surface area contributed by atoms with Crippen molar-refractivity contribution in [3.8, 4) is 5.75 Å². The summed E-state index contributed by atoms with van der Waals surface area (Å²) in [5.74, 6) is 0.226. The van der Waals surface area contributed by atoms with Gasteiger partial charge in [-0.2, -0.15) is 0 Å². The molecule has 0 radical (unpaired) electrons. The largest absolute Gasteiger partial charge is 0.483 e. The van der Waals surface area contributed by atoms with Gasteiger partial charge in [-0.1, -0.05) is 30.3 Å². The predicted octanol–water partition coefficient (Wildman–Crippen LogP) is 3.65. The molecule has 0 unspecified atom stereocenters. The van der Waals surface area contributed by atoms with Gasteiger partial charge in [0.1, 0.15) is 5.75 Å². The smallest absolute Gasteiger partial charge is 0.274 e. The van der Waals surface area contributed by atoms with E-state index >= 15 is 0 Å². The van der Waals surface area contributed by atoms with Crippen molar-refractivity contribution in [2.45, 2.75) is 13.3 Å². The Bertz CT molecular complexity index is 771. The first kappa shape index (κ1) is 17.2. The van der Waals surface area contributed by atoms with Crippen molar-refractivity contribution in [2.24, 2.45) is 0 Å². The van der Waals surface area contributed by atoms with Crippen LogP contribution in [0.4, 0.5) is 11.4 Å². The number of benzene rings is 2. The monoisotopic (exact) mass is 326 g/mol. The average molecular weight is 326 g/mol. The number of hydrogen-bond donors (Lipinski definition) is 1. The van der Waals surface area contributed by atoms with E-state index in [-0.39, 0.29) is 18.2 Å². The van der Waals surface area contributed by atoms with Crippen LogP contribution in [-0.2, 0) is 11.2 Å². The molecule has 0 spiro atoms. The topological polar surface area (TPSA) is 81.5 Å². The highest BCUT2D eigenvalue weighted by Gasteiger charge is 2.13. The van der Waals surface area contributed by atoms with Gasteiger partial charge in [-0.25, -0.2) is 0 Å². The molecular weight excluding hydrogens is 308 g/mol. The molecule has 2 rings (SSSR count). The third-order valence-electron chi connectivity index (χ3n) is 3.39. The fourth-order valence-electron chi connectivity index (χ4n) is 2.19. The molecule has 6 heteroatoms. The lowest BCUT2D eigenvalue weighted by Crippen LogP contribution is -2.20. The fraction of sp³-hybridized carbons (Fsp3) is 0.167. The molecule has 0 atom stereocenters. The van der Waals surface area contributed by atoms with E-state index in [1.165, 1.54) is 6.07 Å². The van der Waals surface area contributed by atoms with Gasteiger partial charge in [0.05, 0.1) is 4.92 Å². The Morgan fingerprint density at radius 2 is 2.08 bits per heavy atom. The number of rotatable bonds is 7. The van der Waals surface area contributed by atoms with Crippen molar-refractivity contribution in [3.63, 3.8) is 0 Å². The maximum Gasteiger partial charge on any atom is 0.274 e. The normalized spacial score (nSPS) is 10.0. The van der Waals surface area contributed by atoms with Crippen molar-refractivity contribution >= 4 is 17.3 Å². The maximum atomic E-state index is 12.0. The van der Waals surface area contributed by atoms with Gasteiger partial charge >= 0.3 is 0 Å². The van der Waals surface area contributed by atoms with Crippen LogP contribution in [0.2, 0.25) is 0 Å². The molecule has 0 bridgehead atoms. The van der Waals surface area contributed by atoms with Crippen LogP contribution < -0.4 is 10.1 Å². The van der Waals surface area contributed by atoms with Crippen molar-refractivity contribution in [2.75, 3.05) is 11.9 Å². The summed E-state index contributed by atoms with van der Waals surface area (Å²) in [6, 6.07) is 11.9. The SMILES string of the molecule is C=CCc1ccccc1OCC(=O)Nc1ccc(C)c([N+](=O)[O-])c1. The molecule has 1 N–H and O–H groups in total. The Kier molecular flexibility index (Phi) is 5.68. The van der Waals surface area contributed by atoms with Gasteiger partial charge < -0.3 is 10.1 Å². The Hall–Kier alpha value is -3.15. The molecule has 0 saturated heterocycles. The number of nitrogens with zero attached hydrogens (tertiary/aromatic N) is 1. The minimum absolute atomic E-state index is 0.0370. The molecule has 0 aliphatic heterocycles. The van der Waals surface area contributed by atoms with Gasteiger partial charge in [-0.05, 0) is 31.0 Å². The molecule has 0 saturated carbocycles. The highest BCUT2D eigenvalue weighted by molar-refractivity contribution is 5.92. The average Bonchev–Trinajstić information content (AvgIpc) is 2.56. The van der Waals surface area contributed by atoms with Crippen LogP contribution >= 0.6 is 0 Å². The second kappa shape index (κ2) is 7.92. The lowest BCUT2D eigenvalue weighted by molar-refractivity contribution is -0.385. The summed E-state index contributed by atoms with van der Waals surface area (Å²) in [5, 5.41) is 13.5. The number of anilines is 1. The Balaban J connectivity index is 2.00. The van der Waals surface area contributed by atoms with Crippen molar-refractivity contribution in [3.05, 3.63) is 76.4 Å². The molecule has 6 nitrogen and oxygen atoms in total. The highest BCUT2D eigenvalue weighted by atomic mass is 16.6. The van der Waals surface area contributed by atoms with Crippen LogP contribution in [0.15, 0.2) is 55.1 Å². The fourth-order valence-corrected chi connectivity index (χ4v) is 2.19. The molecule has 24 heavy (non-hydrogen) atoms. The summed E-state index contributed by atoms with van der Waals surface area (Å²) in [6.07, 6.45) is 2.40. The zero-order valence-electron chi connectivity index (χ0n) is 13.3. The summed E-state index contributed by atoms with van der Waals surface area (Å²) in [4.78, 5) is 22.4. The second-order valence-corrected chi connectivity index (χ2v) is 5.20. The second-order valence-electron chi connectivity index (χ2n) is 5.20. The number of hydrogen-bond acceptors (Lipinski definition) is 4. The molecule has 124 valence electrons. The van der Waals surface area contributed by atoms with Gasteiger partial charge in [-0.3, -0.25) is 14.9 Å². The number of carbonyl (C=O) groups excluding carboxylic acids is 1. The van der Waals surface area contributed by atoms with Gasteiger partial charge in [0, 0.05) is 17.3 Å². The van der Waals surface area contributed by atoms with Crippen LogP contribution in [0, 0.1) is 17.0 Å². The van der Waals surface area contributed by atoms with Crippen molar-refractivity contribution < 1.29 is 14.5 Å². The number of nitro groups is 1. The number of nitro benzene ring substituents is 1. The number of nitrogens with one attached hydrogen (secondary N) is 1. The van der Waals surface area contributed by atoms with E-state index in [1.54, 1.807) is 31.2 Å². The number of amides is 1. The van der Waals surface area contributed by atoms with Crippen LogP contribution in [0.3, 0.4) is 0 Å². The Labute approximate surface area is 139 Å². The molecule has 0 aromatic heterocycles. The summed E-state index contributed by atoms with van der Waals surface area (Å²) in [7, 11) is 0. The summed E-state index contributed by atoms with van der Waals surface area (Å²) >= 11 is 0. The third kappa shape index (κ3) is 4.42. The van der Waals surface area contributed by atoms with E-state index in [1.807, 2.05) is 18.2 Å². The van der Waals surface area contributed by atoms with Gasteiger partial charge in [0.25, 0.3) is 11.6 Å². The number of allylic oxidation sites excluding steroid dienone is 1. The van der Waals surface area contributed by atoms with Crippen LogP contribution in [0.1, 0.15) is 11.1 Å². The molecule has 0 aliphatic carbocycles. The minimum atomic E-state index is -0.479. The standard InChI is InChI=1S/C18H18N2O4/c1-3-6-14-7-4-5-8-17(14)24-12-18(21)19-15-10-9-13(2)16(11-15)20(22)23/h3-5,7-11H,1,6,12H2,2H3,(H,19,21). The zero-order valence-corrected chi connectivity index (χ0v) is 13.3. The first-order chi connectivity index (χ1) is 11.5. The predicted molar refractivity (Wildman–Crippen MR) is 92.3 cm³/mol. The minimum Gasteiger partial charge on any atom is -0.483 e. The number of aryl methyl sites for hydroxylation is 1. The van der Waals surface area contributed by atoms with Crippen LogP contribution in [0.5, 0.6) is 5.75 Å². The highest BCUT2D eigenvalue weighted by Crippen LogP contribution is 2.22. The van der Waals surface area contributed by atoms with E-state index < -0.39 is 4.92 Å². The van der Waals surface area contributed by atoms with Crippen molar-refractivity contribution in [1.82, 2.24) is 0 Å². The van der Waals surface area contributed by atoms with Crippen LogP contribution in [0.25, 0.3) is 0 Å². The number of para-hydroxylation sites is 1. The van der Waals surface area contributed by atoms with E-state index in [0.717, 1.165) is 5.56 Å². The van der Waals surface area contributed by atoms with E-state index in [2.05, 4.69) is 11.9 Å². The van der Waals surface area contributed by atoms with Gasteiger partial charge in [0.15, 0.2) is 6.61 Å². The molecular formula is C18H18N2O4. The quantitative estimate of drug-likeness (QED) is 0.478. The lowest BCUT2D eigenvalue weighted by Gasteiger charge is -2.11. The third-order valence-corrected chi connectivity index (χ3v) is 3.39. The Morgan fingerprint density at radius 1 is 1.33 bits per heavy atom. The Morgan fingerprint density at radius 3 is 2.79 bits per heavy atom. The van der Waals surface area contributed by atoms with Gasteiger partial charge in [0.2, 0.25) is 0 Å². The van der Waals surface area contributed by atoms with E-state index in [4.69, 9.17) is 4.74 Å². The zero-order chi connectivity index (χ0) is 17.5. The lowest BCUT2D eigenvalue weighted by atomic mass is 10.1. The maximum absolute atomic E-state index is 12.0. The van der Waals surface area contributed by atoms with Crippen molar-refractivity contribution in [1.29, 1.82) is 0 Å². The van der Waals surface area contributed by atoms with Gasteiger partial charge in [-0.15, -0.1) is 6.58 Å². The summed E-state index contributed by atoms with van der Waals surface area (Å²) in [6.45, 7) is 5.15. The first-order valence-electron chi connectivity index (χ1n) is 7.37. The summed E-state index contributed by atoms with van der Waals surface area (Å²) < 4.78 is 5.53. The van der Waals surface area contributed by atoms with E-state index in [9.17, 15) is 14.9 Å². The molecule has 2 aromatic carbocycles. The van der Waals surface area contributed by atoms with E-state index in [0.29, 0.717) is 23.4 Å². The molecule has 0 aliphatic rings. The molecule has 0 fully saturated rings. The van der Waals surface area contributed by atoms with Crippen LogP contribution in [-0.4, -0.2) is 17.4 Å². The molecule has 1 amide bonds. The summed E-state index contributed by atoms with van der Waals surface area (Å²) in [5.41, 5.74) is 1.80. The number of ether oxygens (including phenoxy) is 1. The molecule has 0 heterocycles. The number of carbonyl (C=O) groups is 1. The molecule has 2 aromatic rings. The first-order valence-corrected chi connectivity index (χ1v) is 7.37.